The number of hydrogen-bond donors (Lipinski definition) is 0. The van der Waals surface area contributed by atoms with Crippen LogP contribution in [0.25, 0.3) is 0 Å². The molecule has 1 heterocycles. The van der Waals surface area contributed by atoms with Gasteiger partial charge in [-0.1, -0.05) is 13.8 Å². The van der Waals surface area contributed by atoms with Gasteiger partial charge in [-0.2, -0.15) is 5.10 Å². The Kier molecular flexibility index (Phi) is 3.49. The van der Waals surface area contributed by atoms with Gasteiger partial charge in [0.2, 0.25) is 5.91 Å². The van der Waals surface area contributed by atoms with Gasteiger partial charge < -0.3 is 0 Å². The molecule has 15 heavy (non-hydrogen) atoms. The van der Waals surface area contributed by atoms with Crippen molar-refractivity contribution in [2.45, 2.75) is 20.3 Å². The number of sulfone groups is 1. The lowest BCUT2D eigenvalue weighted by molar-refractivity contribution is -0.128. The van der Waals surface area contributed by atoms with Crippen LogP contribution in [0.4, 0.5) is 0 Å². The van der Waals surface area contributed by atoms with E-state index in [1.807, 2.05) is 13.8 Å². The quantitative estimate of drug-likeness (QED) is 0.699. The molecule has 0 atom stereocenters. The lowest BCUT2D eigenvalue weighted by Crippen LogP contribution is -2.26. The van der Waals surface area contributed by atoms with E-state index in [-0.39, 0.29) is 24.1 Å². The van der Waals surface area contributed by atoms with Crippen molar-refractivity contribution in [3.05, 3.63) is 0 Å². The minimum absolute atomic E-state index is 0.0341. The van der Waals surface area contributed by atoms with E-state index in [0.717, 1.165) is 12.0 Å². The second kappa shape index (κ2) is 4.30. The fourth-order valence-corrected chi connectivity index (χ4v) is 1.74. The first-order valence-corrected chi connectivity index (χ1v) is 6.91. The second-order valence-corrected chi connectivity index (χ2v) is 6.33. The highest BCUT2D eigenvalue weighted by atomic mass is 32.2. The summed E-state index contributed by atoms with van der Waals surface area (Å²) in [5.41, 5.74) is 0.827. The van der Waals surface area contributed by atoms with Crippen LogP contribution in [0.5, 0.6) is 0 Å². The molecule has 0 saturated carbocycles. The van der Waals surface area contributed by atoms with Crippen molar-refractivity contribution in [3.8, 4) is 0 Å². The summed E-state index contributed by atoms with van der Waals surface area (Å²) in [6.07, 6.45) is 1.47. The number of hydrazone groups is 1. The van der Waals surface area contributed by atoms with Crippen LogP contribution in [0.2, 0.25) is 0 Å². The fourth-order valence-electron chi connectivity index (χ4n) is 1.24. The Morgan fingerprint density at radius 1 is 1.47 bits per heavy atom. The average Bonchev–Trinajstić information content (AvgIpc) is 2.42. The van der Waals surface area contributed by atoms with Crippen molar-refractivity contribution in [1.29, 1.82) is 0 Å². The topological polar surface area (TPSA) is 66.8 Å². The van der Waals surface area contributed by atoms with Crippen molar-refractivity contribution in [2.24, 2.45) is 11.0 Å². The zero-order chi connectivity index (χ0) is 11.6. The Bertz CT molecular complexity index is 384. The van der Waals surface area contributed by atoms with Gasteiger partial charge in [-0.05, 0) is 5.92 Å². The Hall–Kier alpha value is -0.910. The Morgan fingerprint density at radius 2 is 2.07 bits per heavy atom. The summed E-state index contributed by atoms with van der Waals surface area (Å²) in [5, 5.41) is 5.37. The average molecular weight is 232 g/mol. The van der Waals surface area contributed by atoms with Gasteiger partial charge in [-0.3, -0.25) is 4.79 Å². The highest BCUT2D eigenvalue weighted by Crippen LogP contribution is 2.13. The normalized spacial score (nSPS) is 17.5. The van der Waals surface area contributed by atoms with Gasteiger partial charge in [-0.25, -0.2) is 13.4 Å². The van der Waals surface area contributed by atoms with E-state index in [0.29, 0.717) is 6.42 Å². The molecule has 5 nitrogen and oxygen atoms in total. The number of hydrogen-bond acceptors (Lipinski definition) is 4. The largest absolute Gasteiger partial charge is 0.273 e. The van der Waals surface area contributed by atoms with Gasteiger partial charge in [0.05, 0.1) is 24.4 Å². The first-order valence-electron chi connectivity index (χ1n) is 4.85. The van der Waals surface area contributed by atoms with Gasteiger partial charge in [0.15, 0.2) is 0 Å². The first-order chi connectivity index (χ1) is 6.79. The maximum Gasteiger partial charge on any atom is 0.248 e. The Morgan fingerprint density at radius 3 is 2.47 bits per heavy atom. The third-order valence-electron chi connectivity index (χ3n) is 2.21. The minimum Gasteiger partial charge on any atom is -0.273 e. The van der Waals surface area contributed by atoms with Crippen LogP contribution in [0.1, 0.15) is 20.3 Å². The Balaban J connectivity index is 2.60. The van der Waals surface area contributed by atoms with Crippen LogP contribution in [-0.4, -0.2) is 43.6 Å². The summed E-state index contributed by atoms with van der Waals surface area (Å²) in [6, 6.07) is 0. The second-order valence-electron chi connectivity index (χ2n) is 4.07. The molecule has 0 aromatic carbocycles. The first kappa shape index (κ1) is 12.2. The molecule has 0 saturated heterocycles. The monoisotopic (exact) mass is 232 g/mol. The molecule has 0 fully saturated rings. The van der Waals surface area contributed by atoms with E-state index >= 15 is 0 Å². The van der Waals surface area contributed by atoms with Crippen LogP contribution < -0.4 is 0 Å². The summed E-state index contributed by atoms with van der Waals surface area (Å²) in [6.45, 7) is 4.09. The lowest BCUT2D eigenvalue weighted by Gasteiger charge is -2.10. The van der Waals surface area contributed by atoms with E-state index in [4.69, 9.17) is 0 Å². The molecular formula is C9H16N2O3S. The van der Waals surface area contributed by atoms with Gasteiger partial charge >= 0.3 is 0 Å². The molecule has 0 spiro atoms. The van der Waals surface area contributed by atoms with Crippen LogP contribution in [0.15, 0.2) is 5.10 Å². The van der Waals surface area contributed by atoms with Crippen molar-refractivity contribution in [3.63, 3.8) is 0 Å². The fraction of sp³-hybridized carbons (Fsp3) is 0.778. The van der Waals surface area contributed by atoms with Gasteiger partial charge in [0.1, 0.15) is 9.84 Å². The smallest absolute Gasteiger partial charge is 0.248 e. The summed E-state index contributed by atoms with van der Waals surface area (Å²) >= 11 is 0. The van der Waals surface area contributed by atoms with Gasteiger partial charge in [0.25, 0.3) is 0 Å². The van der Waals surface area contributed by atoms with Crippen LogP contribution in [-0.2, 0) is 14.6 Å². The zero-order valence-electron chi connectivity index (χ0n) is 9.23. The molecule has 0 radical (unpaired) electrons. The number of rotatable bonds is 4. The van der Waals surface area contributed by atoms with E-state index in [1.54, 1.807) is 0 Å². The van der Waals surface area contributed by atoms with E-state index in [2.05, 4.69) is 5.10 Å². The molecule has 1 aliphatic heterocycles. The summed E-state index contributed by atoms with van der Waals surface area (Å²) in [7, 11) is -3.04. The molecular weight excluding hydrogens is 216 g/mol. The summed E-state index contributed by atoms with van der Waals surface area (Å²) in [4.78, 5) is 11.4. The molecule has 0 unspecified atom stereocenters. The van der Waals surface area contributed by atoms with E-state index in [1.165, 1.54) is 5.01 Å². The highest BCUT2D eigenvalue weighted by molar-refractivity contribution is 7.90. The summed E-state index contributed by atoms with van der Waals surface area (Å²) < 4.78 is 21.8. The third kappa shape index (κ3) is 3.62. The SMILES string of the molecule is CC(C)C1=NN(CCS(C)(=O)=O)C(=O)C1. The molecule has 0 aromatic rings. The maximum absolute atomic E-state index is 11.4. The molecule has 0 bridgehead atoms. The lowest BCUT2D eigenvalue weighted by atomic mass is 10.1. The van der Waals surface area contributed by atoms with Crippen molar-refractivity contribution < 1.29 is 13.2 Å². The number of carbonyl (C=O) groups is 1. The van der Waals surface area contributed by atoms with Crippen LogP contribution in [0, 0.1) is 5.92 Å². The Labute approximate surface area is 90.1 Å². The number of nitrogens with zero attached hydrogens (tertiary/aromatic N) is 2. The van der Waals surface area contributed by atoms with E-state index in [9.17, 15) is 13.2 Å². The van der Waals surface area contributed by atoms with Gasteiger partial charge in [-0.15, -0.1) is 0 Å². The molecule has 1 amide bonds. The van der Waals surface area contributed by atoms with Crippen molar-refractivity contribution >= 4 is 21.5 Å². The predicted molar refractivity (Wildman–Crippen MR) is 58.3 cm³/mol. The van der Waals surface area contributed by atoms with E-state index < -0.39 is 9.84 Å². The molecule has 0 N–H and O–H groups in total. The molecule has 0 aliphatic carbocycles. The molecule has 86 valence electrons. The summed E-state index contributed by atoms with van der Waals surface area (Å²) in [5.74, 6) is 0.0905. The maximum atomic E-state index is 11.4. The van der Waals surface area contributed by atoms with Crippen molar-refractivity contribution in [1.82, 2.24) is 5.01 Å². The molecule has 1 aliphatic rings. The molecule has 0 aromatic heterocycles. The zero-order valence-corrected chi connectivity index (χ0v) is 10.0. The molecule has 1 rings (SSSR count). The van der Waals surface area contributed by atoms with Crippen LogP contribution >= 0.6 is 0 Å². The van der Waals surface area contributed by atoms with Gasteiger partial charge in [0, 0.05) is 6.26 Å². The molecule has 6 heteroatoms. The third-order valence-corrected chi connectivity index (χ3v) is 3.13. The highest BCUT2D eigenvalue weighted by Gasteiger charge is 2.25. The number of amides is 1. The van der Waals surface area contributed by atoms with Crippen LogP contribution in [0.3, 0.4) is 0 Å². The standard InChI is InChI=1S/C9H16N2O3S/c1-7(2)8-6-9(12)11(10-8)4-5-15(3,13)14/h7H,4-6H2,1-3H3. The van der Waals surface area contributed by atoms with Crippen molar-refractivity contribution in [2.75, 3.05) is 18.6 Å². The minimum atomic E-state index is -3.04. The predicted octanol–water partition coefficient (Wildman–Crippen LogP) is 0.275. The number of carbonyl (C=O) groups excluding carboxylic acids is 1.